The number of nitrogens with two attached hydrogens (primary N) is 1. The summed E-state index contributed by atoms with van der Waals surface area (Å²) in [4.78, 5) is 11.2. The largest absolute Gasteiger partial charge is 0.368 e. The highest BCUT2D eigenvalue weighted by Crippen LogP contribution is 2.01. The molecule has 0 unspecified atom stereocenters. The number of hydrogen-bond acceptors (Lipinski definition) is 6. The van der Waals surface area contributed by atoms with Crippen LogP contribution in [0.25, 0.3) is 5.65 Å². The highest BCUT2D eigenvalue weighted by molar-refractivity contribution is 7.89. The van der Waals surface area contributed by atoms with Gasteiger partial charge in [-0.1, -0.05) is 0 Å². The smallest absolute Gasteiger partial charge is 0.364 e. The third-order valence-corrected chi connectivity index (χ3v) is 2.74. The van der Waals surface area contributed by atoms with Gasteiger partial charge in [-0.25, -0.2) is 23.4 Å². The summed E-state index contributed by atoms with van der Waals surface area (Å²) < 4.78 is 22.5. The first-order valence-electron chi connectivity index (χ1n) is 4.64. The van der Waals surface area contributed by atoms with Crippen LogP contribution in [0.15, 0.2) is 16.9 Å². The fourth-order valence-corrected chi connectivity index (χ4v) is 1.61. The van der Waals surface area contributed by atoms with Crippen molar-refractivity contribution in [1.29, 1.82) is 0 Å². The second-order valence-corrected chi connectivity index (χ2v) is 5.05. The number of rotatable bonds is 4. The fourth-order valence-electron chi connectivity index (χ4n) is 1.22. The lowest BCUT2D eigenvalue weighted by Gasteiger charge is -2.03. The standard InChI is InChI=1S/C7H10N6O3S/c8-17(15,16)4-3-9-5-1-2-6-10-11-7(14)13(6)12-5/h1-2H,3-4H2,(H,9,12)(H,11,14)(H2,8,15,16). The number of nitrogens with one attached hydrogen (secondary N) is 2. The molecule has 0 aliphatic heterocycles. The molecule has 0 fully saturated rings. The number of hydrogen-bond donors (Lipinski definition) is 3. The van der Waals surface area contributed by atoms with Gasteiger partial charge >= 0.3 is 5.69 Å². The van der Waals surface area contributed by atoms with Crippen LogP contribution in [-0.4, -0.2) is 40.5 Å². The van der Waals surface area contributed by atoms with Gasteiger partial charge in [-0.05, 0) is 12.1 Å². The molecule has 17 heavy (non-hydrogen) atoms. The molecule has 0 atom stereocenters. The van der Waals surface area contributed by atoms with Gasteiger partial charge in [0.2, 0.25) is 10.0 Å². The molecule has 0 aliphatic rings. The van der Waals surface area contributed by atoms with E-state index in [9.17, 15) is 13.2 Å². The Bertz CT molecular complexity index is 687. The molecular weight excluding hydrogens is 248 g/mol. The molecule has 0 radical (unpaired) electrons. The highest BCUT2D eigenvalue weighted by atomic mass is 32.2. The zero-order chi connectivity index (χ0) is 12.5. The predicted octanol–water partition coefficient (Wildman–Crippen LogP) is -1.88. The molecule has 0 spiro atoms. The van der Waals surface area contributed by atoms with Crippen molar-refractivity contribution in [2.24, 2.45) is 5.14 Å². The second-order valence-electron chi connectivity index (χ2n) is 3.31. The average molecular weight is 258 g/mol. The van der Waals surface area contributed by atoms with Crippen molar-refractivity contribution < 1.29 is 8.42 Å². The van der Waals surface area contributed by atoms with E-state index in [1.807, 2.05) is 0 Å². The minimum absolute atomic E-state index is 0.115. The number of primary sulfonamides is 1. The molecule has 4 N–H and O–H groups in total. The van der Waals surface area contributed by atoms with Crippen molar-refractivity contribution in [1.82, 2.24) is 19.8 Å². The van der Waals surface area contributed by atoms with Crippen molar-refractivity contribution in [2.45, 2.75) is 0 Å². The van der Waals surface area contributed by atoms with Crippen molar-refractivity contribution in [3.05, 3.63) is 22.6 Å². The van der Waals surface area contributed by atoms with Crippen LogP contribution >= 0.6 is 0 Å². The Morgan fingerprint density at radius 2 is 2.24 bits per heavy atom. The van der Waals surface area contributed by atoms with Crippen LogP contribution in [0, 0.1) is 0 Å². The first-order valence-corrected chi connectivity index (χ1v) is 6.36. The van der Waals surface area contributed by atoms with Gasteiger partial charge in [0.1, 0.15) is 5.82 Å². The van der Waals surface area contributed by atoms with E-state index >= 15 is 0 Å². The van der Waals surface area contributed by atoms with Gasteiger partial charge in [0, 0.05) is 6.54 Å². The minimum atomic E-state index is -3.51. The van der Waals surface area contributed by atoms with Crippen LogP contribution in [-0.2, 0) is 10.0 Å². The maximum atomic E-state index is 11.2. The Kier molecular flexibility index (Phi) is 2.81. The molecule has 2 rings (SSSR count). The Hall–Kier alpha value is -1.94. The highest BCUT2D eigenvalue weighted by Gasteiger charge is 2.04. The Labute approximate surface area is 95.7 Å². The SMILES string of the molecule is NS(=O)(=O)CCNc1ccc2n[nH]c(=O)n2n1. The molecule has 10 heteroatoms. The predicted molar refractivity (Wildman–Crippen MR) is 60.1 cm³/mol. The number of aromatic nitrogens is 4. The summed E-state index contributed by atoms with van der Waals surface area (Å²) in [5.74, 6) is 0.150. The number of anilines is 1. The van der Waals surface area contributed by atoms with E-state index in [2.05, 4.69) is 20.6 Å². The minimum Gasteiger partial charge on any atom is -0.368 e. The molecule has 2 heterocycles. The monoisotopic (exact) mass is 258 g/mol. The van der Waals surface area contributed by atoms with Gasteiger partial charge in [0.05, 0.1) is 5.75 Å². The van der Waals surface area contributed by atoms with Crippen LogP contribution in [0.3, 0.4) is 0 Å². The number of H-pyrrole nitrogens is 1. The van der Waals surface area contributed by atoms with Crippen molar-refractivity contribution in [3.63, 3.8) is 0 Å². The molecule has 0 saturated carbocycles. The molecule has 0 bridgehead atoms. The summed E-state index contributed by atoms with van der Waals surface area (Å²) in [5, 5.41) is 17.4. The van der Waals surface area contributed by atoms with E-state index in [1.54, 1.807) is 12.1 Å². The Morgan fingerprint density at radius 1 is 1.47 bits per heavy atom. The van der Waals surface area contributed by atoms with Gasteiger partial charge in [0.15, 0.2) is 5.65 Å². The molecule has 2 aromatic rings. The lowest BCUT2D eigenvalue weighted by Crippen LogP contribution is -2.23. The molecule has 9 nitrogen and oxygen atoms in total. The van der Waals surface area contributed by atoms with Crippen molar-refractivity contribution >= 4 is 21.5 Å². The summed E-state index contributed by atoms with van der Waals surface area (Å²) in [7, 11) is -3.51. The molecule has 92 valence electrons. The first kappa shape index (κ1) is 11.5. The van der Waals surface area contributed by atoms with Crippen LogP contribution < -0.4 is 16.1 Å². The third-order valence-electron chi connectivity index (χ3n) is 1.97. The fraction of sp³-hybridized carbons (Fsp3) is 0.286. The van der Waals surface area contributed by atoms with Gasteiger partial charge < -0.3 is 5.32 Å². The number of fused-ring (bicyclic) bond motifs is 1. The summed E-state index contributed by atoms with van der Waals surface area (Å²) in [6.45, 7) is 0.115. The van der Waals surface area contributed by atoms with E-state index < -0.39 is 15.7 Å². The average Bonchev–Trinajstić information content (AvgIpc) is 2.59. The van der Waals surface area contributed by atoms with Crippen molar-refractivity contribution in [3.8, 4) is 0 Å². The molecular formula is C7H10N6O3S. The van der Waals surface area contributed by atoms with Gasteiger partial charge in [-0.15, -0.1) is 5.10 Å². The third kappa shape index (κ3) is 2.79. The molecule has 0 aromatic carbocycles. The summed E-state index contributed by atoms with van der Waals surface area (Å²) in [6.07, 6.45) is 0. The van der Waals surface area contributed by atoms with Gasteiger partial charge in [-0.2, -0.15) is 9.61 Å². The quantitative estimate of drug-likeness (QED) is 0.587. The lowest BCUT2D eigenvalue weighted by molar-refractivity contribution is 0.598. The van der Waals surface area contributed by atoms with Gasteiger partial charge in [0.25, 0.3) is 0 Å². The number of sulfonamides is 1. The van der Waals surface area contributed by atoms with E-state index in [4.69, 9.17) is 5.14 Å². The van der Waals surface area contributed by atoms with Gasteiger partial charge in [-0.3, -0.25) is 0 Å². The maximum absolute atomic E-state index is 11.2. The zero-order valence-electron chi connectivity index (χ0n) is 8.62. The summed E-state index contributed by atoms with van der Waals surface area (Å²) >= 11 is 0. The van der Waals surface area contributed by atoms with Crippen LogP contribution in [0.4, 0.5) is 5.82 Å². The van der Waals surface area contributed by atoms with Crippen LogP contribution in [0.1, 0.15) is 0 Å². The summed E-state index contributed by atoms with van der Waals surface area (Å²) in [6, 6.07) is 3.16. The zero-order valence-corrected chi connectivity index (χ0v) is 9.44. The second kappa shape index (κ2) is 4.14. The molecule has 0 aliphatic carbocycles. The lowest BCUT2D eigenvalue weighted by atomic mass is 10.5. The Balaban J connectivity index is 2.14. The molecule has 0 amide bonds. The number of nitrogens with zero attached hydrogens (tertiary/aromatic N) is 3. The maximum Gasteiger partial charge on any atom is 0.364 e. The Morgan fingerprint density at radius 3 is 2.94 bits per heavy atom. The van der Waals surface area contributed by atoms with E-state index in [1.165, 1.54) is 0 Å². The summed E-state index contributed by atoms with van der Waals surface area (Å²) in [5.41, 5.74) is -0.0814. The number of aromatic amines is 1. The van der Waals surface area contributed by atoms with Crippen LogP contribution in [0.5, 0.6) is 0 Å². The molecule has 2 aromatic heterocycles. The van der Waals surface area contributed by atoms with E-state index in [-0.39, 0.29) is 12.3 Å². The normalized spacial score (nSPS) is 11.8. The first-order chi connectivity index (χ1) is 7.96. The van der Waals surface area contributed by atoms with Crippen molar-refractivity contribution in [2.75, 3.05) is 17.6 Å². The van der Waals surface area contributed by atoms with E-state index in [0.29, 0.717) is 11.5 Å². The topological polar surface area (TPSA) is 135 Å². The van der Waals surface area contributed by atoms with Crippen LogP contribution in [0.2, 0.25) is 0 Å². The molecule has 0 saturated heterocycles. The van der Waals surface area contributed by atoms with E-state index in [0.717, 1.165) is 4.52 Å².